The molecular weight excluding hydrogens is 272 g/mol. The van der Waals surface area contributed by atoms with Crippen molar-refractivity contribution in [3.63, 3.8) is 0 Å². The molecule has 2 rings (SSSR count). The lowest BCUT2D eigenvalue weighted by Gasteiger charge is -1.95. The minimum Gasteiger partial charge on any atom is -0.289 e. The number of thioether (sulfide) groups is 1. The van der Waals surface area contributed by atoms with Gasteiger partial charge in [-0.3, -0.25) is 4.79 Å². The number of ketones is 1. The van der Waals surface area contributed by atoms with E-state index in [2.05, 4.69) is 15.5 Å². The number of hydrogen-bond acceptors (Lipinski definition) is 5. The van der Waals surface area contributed by atoms with Crippen LogP contribution in [0.3, 0.4) is 0 Å². The quantitative estimate of drug-likeness (QED) is 0.489. The molecule has 1 heterocycles. The minimum atomic E-state index is -0.0886. The highest BCUT2D eigenvalue weighted by Crippen LogP contribution is 2.15. The van der Waals surface area contributed by atoms with Crippen LogP contribution in [0, 0.1) is 0 Å². The number of aromatic nitrogens is 4. The number of carbonyl (C=O) groups is 1. The third kappa shape index (κ3) is 3.18. The standard InChI is InChI=1S/C11H9ClN4OS/c1-16-11(13-14-15-16)18-7-6-10(17)8-2-4-9(12)5-3-8/h2-7H,1H3. The second kappa shape index (κ2) is 5.79. The van der Waals surface area contributed by atoms with Gasteiger partial charge in [0.25, 0.3) is 0 Å². The van der Waals surface area contributed by atoms with Gasteiger partial charge in [0.05, 0.1) is 0 Å². The van der Waals surface area contributed by atoms with Crippen molar-refractivity contribution in [2.45, 2.75) is 5.16 Å². The van der Waals surface area contributed by atoms with Gasteiger partial charge in [0.15, 0.2) is 5.78 Å². The van der Waals surface area contributed by atoms with Crippen molar-refractivity contribution < 1.29 is 4.79 Å². The van der Waals surface area contributed by atoms with E-state index in [0.717, 1.165) is 0 Å². The Balaban J connectivity index is 1.99. The first kappa shape index (κ1) is 12.8. The monoisotopic (exact) mass is 280 g/mol. The maximum absolute atomic E-state index is 11.8. The summed E-state index contributed by atoms with van der Waals surface area (Å²) in [6.45, 7) is 0. The molecule has 0 atom stereocenters. The normalized spacial score (nSPS) is 11.0. The molecule has 0 N–H and O–H groups in total. The number of halogens is 1. The predicted octanol–water partition coefficient (Wildman–Crippen LogP) is 2.35. The fourth-order valence-corrected chi connectivity index (χ4v) is 1.90. The van der Waals surface area contributed by atoms with Gasteiger partial charge in [-0.05, 0) is 46.2 Å². The first-order valence-corrected chi connectivity index (χ1v) is 6.28. The van der Waals surface area contributed by atoms with Gasteiger partial charge >= 0.3 is 0 Å². The van der Waals surface area contributed by atoms with Crippen LogP contribution < -0.4 is 0 Å². The zero-order chi connectivity index (χ0) is 13.0. The highest BCUT2D eigenvalue weighted by Gasteiger charge is 2.02. The SMILES string of the molecule is Cn1nnnc1SC=CC(=O)c1ccc(Cl)cc1. The van der Waals surface area contributed by atoms with E-state index in [1.165, 1.54) is 22.5 Å². The molecule has 0 radical (unpaired) electrons. The van der Waals surface area contributed by atoms with E-state index in [1.54, 1.807) is 36.7 Å². The number of allylic oxidation sites excluding steroid dienone is 1. The van der Waals surface area contributed by atoms with Crippen molar-refractivity contribution in [1.29, 1.82) is 0 Å². The molecular formula is C11H9ClN4OS. The third-order valence-electron chi connectivity index (χ3n) is 2.10. The highest BCUT2D eigenvalue weighted by atomic mass is 35.5. The Morgan fingerprint density at radius 3 is 2.72 bits per heavy atom. The predicted molar refractivity (Wildman–Crippen MR) is 69.6 cm³/mol. The molecule has 0 unspecified atom stereocenters. The van der Waals surface area contributed by atoms with Gasteiger partial charge < -0.3 is 0 Å². The minimum absolute atomic E-state index is 0.0886. The fraction of sp³-hybridized carbons (Fsp3) is 0.0909. The van der Waals surface area contributed by atoms with Gasteiger partial charge in [-0.25, -0.2) is 4.68 Å². The van der Waals surface area contributed by atoms with Crippen molar-refractivity contribution in [3.05, 3.63) is 46.3 Å². The molecule has 0 saturated heterocycles. The molecule has 0 bridgehead atoms. The summed E-state index contributed by atoms with van der Waals surface area (Å²) in [5, 5.41) is 13.8. The largest absolute Gasteiger partial charge is 0.289 e. The number of nitrogens with zero attached hydrogens (tertiary/aromatic N) is 4. The van der Waals surface area contributed by atoms with Crippen LogP contribution >= 0.6 is 23.4 Å². The summed E-state index contributed by atoms with van der Waals surface area (Å²) in [7, 11) is 1.73. The number of hydrogen-bond donors (Lipinski definition) is 0. The number of aryl methyl sites for hydroxylation is 1. The van der Waals surface area contributed by atoms with Crippen molar-refractivity contribution in [1.82, 2.24) is 20.2 Å². The Labute approximate surface area is 113 Å². The van der Waals surface area contributed by atoms with Gasteiger partial charge in [-0.15, -0.1) is 5.10 Å². The molecule has 0 saturated carbocycles. The average molecular weight is 281 g/mol. The first-order chi connectivity index (χ1) is 8.66. The Kier molecular flexibility index (Phi) is 4.11. The fourth-order valence-electron chi connectivity index (χ4n) is 1.19. The van der Waals surface area contributed by atoms with Gasteiger partial charge in [0, 0.05) is 17.6 Å². The molecule has 0 spiro atoms. The summed E-state index contributed by atoms with van der Waals surface area (Å²) >= 11 is 7.03. The molecule has 5 nitrogen and oxygen atoms in total. The smallest absolute Gasteiger partial charge is 0.213 e. The molecule has 0 fully saturated rings. The topological polar surface area (TPSA) is 60.7 Å². The maximum Gasteiger partial charge on any atom is 0.213 e. The summed E-state index contributed by atoms with van der Waals surface area (Å²) < 4.78 is 1.53. The number of tetrazole rings is 1. The van der Waals surface area contributed by atoms with Crippen LogP contribution in [0.25, 0.3) is 0 Å². The molecule has 1 aromatic carbocycles. The molecule has 1 aromatic heterocycles. The molecule has 0 aliphatic heterocycles. The Morgan fingerprint density at radius 1 is 1.39 bits per heavy atom. The summed E-state index contributed by atoms with van der Waals surface area (Å²) in [6, 6.07) is 6.73. The van der Waals surface area contributed by atoms with Gasteiger partial charge in [-0.2, -0.15) is 0 Å². The lowest BCUT2D eigenvalue weighted by atomic mass is 10.1. The molecule has 0 aliphatic carbocycles. The van der Waals surface area contributed by atoms with Gasteiger partial charge in [-0.1, -0.05) is 23.4 Å². The highest BCUT2D eigenvalue weighted by molar-refractivity contribution is 8.02. The van der Waals surface area contributed by atoms with E-state index >= 15 is 0 Å². The number of carbonyl (C=O) groups excluding carboxylic acids is 1. The van der Waals surface area contributed by atoms with E-state index < -0.39 is 0 Å². The molecule has 0 amide bonds. The lowest BCUT2D eigenvalue weighted by Crippen LogP contribution is -1.93. The summed E-state index contributed by atoms with van der Waals surface area (Å²) in [5.41, 5.74) is 0.590. The Morgan fingerprint density at radius 2 is 2.11 bits per heavy atom. The maximum atomic E-state index is 11.8. The van der Waals surface area contributed by atoms with Crippen LogP contribution in [0.15, 0.2) is 40.9 Å². The summed E-state index contributed by atoms with van der Waals surface area (Å²) in [6.07, 6.45) is 1.47. The number of rotatable bonds is 4. The molecule has 2 aromatic rings. The second-order valence-electron chi connectivity index (χ2n) is 3.38. The van der Waals surface area contributed by atoms with E-state index in [1.807, 2.05) is 0 Å². The van der Waals surface area contributed by atoms with E-state index in [0.29, 0.717) is 15.7 Å². The van der Waals surface area contributed by atoms with Crippen molar-refractivity contribution >= 4 is 29.1 Å². The molecule has 7 heteroatoms. The lowest BCUT2D eigenvalue weighted by molar-refractivity contribution is 0.104. The molecule has 18 heavy (non-hydrogen) atoms. The van der Waals surface area contributed by atoms with Crippen molar-refractivity contribution in [3.8, 4) is 0 Å². The Bertz CT molecular complexity index is 579. The first-order valence-electron chi connectivity index (χ1n) is 5.02. The Hall–Kier alpha value is -1.66. The molecule has 92 valence electrons. The zero-order valence-electron chi connectivity index (χ0n) is 9.45. The van der Waals surface area contributed by atoms with Crippen LogP contribution in [-0.2, 0) is 7.05 Å². The molecule has 0 aliphatic rings. The van der Waals surface area contributed by atoms with E-state index in [-0.39, 0.29) is 5.78 Å². The second-order valence-corrected chi connectivity index (χ2v) is 4.69. The van der Waals surface area contributed by atoms with E-state index in [4.69, 9.17) is 11.6 Å². The van der Waals surface area contributed by atoms with Gasteiger partial charge in [0.2, 0.25) is 5.16 Å². The third-order valence-corrected chi connectivity index (χ3v) is 3.18. The van der Waals surface area contributed by atoms with E-state index in [9.17, 15) is 4.79 Å². The summed E-state index contributed by atoms with van der Waals surface area (Å²) in [4.78, 5) is 11.8. The zero-order valence-corrected chi connectivity index (χ0v) is 11.0. The summed E-state index contributed by atoms with van der Waals surface area (Å²) in [5.74, 6) is -0.0886. The van der Waals surface area contributed by atoms with Gasteiger partial charge in [0.1, 0.15) is 0 Å². The van der Waals surface area contributed by atoms with Crippen LogP contribution in [0.1, 0.15) is 10.4 Å². The number of benzene rings is 1. The van der Waals surface area contributed by atoms with Crippen LogP contribution in [0.2, 0.25) is 5.02 Å². The van der Waals surface area contributed by atoms with Crippen molar-refractivity contribution in [2.24, 2.45) is 7.05 Å². The average Bonchev–Trinajstić information content (AvgIpc) is 2.76. The van der Waals surface area contributed by atoms with Crippen LogP contribution in [0.5, 0.6) is 0 Å². The van der Waals surface area contributed by atoms with Crippen LogP contribution in [0.4, 0.5) is 0 Å². The van der Waals surface area contributed by atoms with Crippen LogP contribution in [-0.4, -0.2) is 26.0 Å². The van der Waals surface area contributed by atoms with Crippen molar-refractivity contribution in [2.75, 3.05) is 0 Å².